The molecule has 1 aliphatic heterocycles. The van der Waals surface area contributed by atoms with E-state index in [1.807, 2.05) is 35.2 Å². The van der Waals surface area contributed by atoms with E-state index < -0.39 is 0 Å². The van der Waals surface area contributed by atoms with Gasteiger partial charge in [-0.3, -0.25) is 4.79 Å². The molecule has 0 spiro atoms. The molecule has 4 rings (SSSR count). The summed E-state index contributed by atoms with van der Waals surface area (Å²) in [6.07, 6.45) is 2.01. The van der Waals surface area contributed by atoms with E-state index >= 15 is 0 Å². The number of ether oxygens (including phenoxy) is 1. The predicted octanol–water partition coefficient (Wildman–Crippen LogP) is 4.30. The van der Waals surface area contributed by atoms with Crippen molar-refractivity contribution in [2.24, 2.45) is 0 Å². The summed E-state index contributed by atoms with van der Waals surface area (Å²) in [7, 11) is 1.67. The Morgan fingerprint density at radius 2 is 1.80 bits per heavy atom. The molecule has 1 fully saturated rings. The number of piperidine rings is 1. The Morgan fingerprint density at radius 3 is 2.47 bits per heavy atom. The van der Waals surface area contributed by atoms with Crippen molar-refractivity contribution in [3.8, 4) is 5.75 Å². The highest BCUT2D eigenvalue weighted by Gasteiger charge is 2.26. The van der Waals surface area contributed by atoms with Crippen molar-refractivity contribution < 1.29 is 9.53 Å². The largest absolute Gasteiger partial charge is 0.497 e. The fourth-order valence-corrected chi connectivity index (χ4v) is 4.35. The van der Waals surface area contributed by atoms with Gasteiger partial charge in [-0.05, 0) is 42.7 Å². The molecule has 2 aromatic carbocycles. The van der Waals surface area contributed by atoms with Crippen LogP contribution < -0.4 is 10.1 Å². The van der Waals surface area contributed by atoms with Gasteiger partial charge >= 0.3 is 0 Å². The topological polar surface area (TPSA) is 46.5 Å². The van der Waals surface area contributed by atoms with E-state index in [1.54, 1.807) is 7.11 Å². The van der Waals surface area contributed by atoms with Gasteiger partial charge in [0.2, 0.25) is 0 Å². The summed E-state index contributed by atoms with van der Waals surface area (Å²) in [5, 5.41) is 4.70. The third kappa shape index (κ3) is 4.36. The van der Waals surface area contributed by atoms with Crippen LogP contribution in [0.1, 0.15) is 42.7 Å². The molecule has 158 valence electrons. The Bertz CT molecular complexity index is 999. The second kappa shape index (κ2) is 8.92. The standard InChI is InChI=1S/C25H31N3O2/c1-18(2)26-21-12-14-27(15-13-21)25(29)24-16-20-6-4-5-7-23(20)28(24)17-19-8-10-22(30-3)11-9-19/h4-11,16,18,21,26H,12-15,17H2,1-3H3. The van der Waals surface area contributed by atoms with E-state index in [1.165, 1.54) is 0 Å². The first-order chi connectivity index (χ1) is 14.5. The van der Waals surface area contributed by atoms with Gasteiger partial charge in [-0.1, -0.05) is 44.2 Å². The Kier molecular flexibility index (Phi) is 6.09. The lowest BCUT2D eigenvalue weighted by molar-refractivity contribution is 0.0693. The molecule has 0 aliphatic carbocycles. The number of para-hydroxylation sites is 1. The Hall–Kier alpha value is -2.79. The monoisotopic (exact) mass is 405 g/mol. The first-order valence-electron chi connectivity index (χ1n) is 10.8. The minimum absolute atomic E-state index is 0.128. The number of aromatic nitrogens is 1. The first kappa shape index (κ1) is 20.5. The van der Waals surface area contributed by atoms with E-state index in [9.17, 15) is 4.79 Å². The number of fused-ring (bicyclic) bond motifs is 1. The SMILES string of the molecule is COc1ccc(Cn2c(C(=O)N3CCC(NC(C)C)CC3)cc3ccccc32)cc1. The van der Waals surface area contributed by atoms with Gasteiger partial charge in [0.05, 0.1) is 7.11 Å². The van der Waals surface area contributed by atoms with Crippen LogP contribution >= 0.6 is 0 Å². The average molecular weight is 406 g/mol. The lowest BCUT2D eigenvalue weighted by Crippen LogP contribution is -2.47. The molecule has 5 heteroatoms. The second-order valence-electron chi connectivity index (χ2n) is 8.41. The number of amides is 1. The van der Waals surface area contributed by atoms with Gasteiger partial charge in [0.1, 0.15) is 11.4 Å². The first-order valence-corrected chi connectivity index (χ1v) is 10.8. The maximum atomic E-state index is 13.5. The zero-order chi connectivity index (χ0) is 21.1. The van der Waals surface area contributed by atoms with Crippen molar-refractivity contribution in [3.63, 3.8) is 0 Å². The van der Waals surface area contributed by atoms with Crippen LogP contribution in [-0.4, -0.2) is 47.7 Å². The van der Waals surface area contributed by atoms with Crippen molar-refractivity contribution in [2.45, 2.75) is 45.3 Å². The van der Waals surface area contributed by atoms with Crippen molar-refractivity contribution in [3.05, 3.63) is 65.9 Å². The van der Waals surface area contributed by atoms with Gasteiger partial charge in [0.25, 0.3) is 5.91 Å². The van der Waals surface area contributed by atoms with Crippen LogP contribution in [0.2, 0.25) is 0 Å². The average Bonchev–Trinajstić information content (AvgIpc) is 3.12. The van der Waals surface area contributed by atoms with Crippen molar-refractivity contribution in [1.82, 2.24) is 14.8 Å². The summed E-state index contributed by atoms with van der Waals surface area (Å²) in [5.74, 6) is 0.966. The van der Waals surface area contributed by atoms with E-state index in [-0.39, 0.29) is 5.91 Å². The number of rotatable bonds is 6. The number of carbonyl (C=O) groups is 1. The Morgan fingerprint density at radius 1 is 1.10 bits per heavy atom. The third-order valence-electron chi connectivity index (χ3n) is 5.88. The van der Waals surface area contributed by atoms with E-state index in [0.717, 1.165) is 53.8 Å². The number of likely N-dealkylation sites (tertiary alicyclic amines) is 1. The van der Waals surface area contributed by atoms with Crippen molar-refractivity contribution in [2.75, 3.05) is 20.2 Å². The molecule has 1 N–H and O–H groups in total. The molecule has 0 atom stereocenters. The van der Waals surface area contributed by atoms with Crippen LogP contribution in [0.4, 0.5) is 0 Å². The summed E-state index contributed by atoms with van der Waals surface area (Å²) in [5.41, 5.74) is 3.00. The Labute approximate surface area is 178 Å². The van der Waals surface area contributed by atoms with E-state index in [0.29, 0.717) is 18.6 Å². The van der Waals surface area contributed by atoms with E-state index in [4.69, 9.17) is 4.74 Å². The highest BCUT2D eigenvalue weighted by molar-refractivity contribution is 5.99. The van der Waals surface area contributed by atoms with Crippen LogP contribution in [0.3, 0.4) is 0 Å². The zero-order valence-electron chi connectivity index (χ0n) is 18.1. The molecule has 0 unspecified atom stereocenters. The summed E-state index contributed by atoms with van der Waals surface area (Å²) in [6, 6.07) is 19.3. The molecule has 30 heavy (non-hydrogen) atoms. The number of nitrogens with zero attached hydrogens (tertiary/aromatic N) is 2. The van der Waals surface area contributed by atoms with Crippen molar-refractivity contribution in [1.29, 1.82) is 0 Å². The summed E-state index contributed by atoms with van der Waals surface area (Å²) >= 11 is 0. The van der Waals surface area contributed by atoms with Crippen LogP contribution in [-0.2, 0) is 6.54 Å². The number of hydrogen-bond donors (Lipinski definition) is 1. The van der Waals surface area contributed by atoms with Gasteiger partial charge in [0.15, 0.2) is 0 Å². The fraction of sp³-hybridized carbons (Fsp3) is 0.400. The maximum Gasteiger partial charge on any atom is 0.270 e. The second-order valence-corrected chi connectivity index (χ2v) is 8.41. The zero-order valence-corrected chi connectivity index (χ0v) is 18.1. The van der Waals surface area contributed by atoms with Gasteiger partial charge in [0, 0.05) is 42.6 Å². The molecule has 0 saturated carbocycles. The lowest BCUT2D eigenvalue weighted by Gasteiger charge is -2.33. The third-order valence-corrected chi connectivity index (χ3v) is 5.88. The molecule has 3 aromatic rings. The lowest BCUT2D eigenvalue weighted by atomic mass is 10.0. The van der Waals surface area contributed by atoms with Crippen molar-refractivity contribution >= 4 is 16.8 Å². The highest BCUT2D eigenvalue weighted by Crippen LogP contribution is 2.24. The number of hydrogen-bond acceptors (Lipinski definition) is 3. The summed E-state index contributed by atoms with van der Waals surface area (Å²) < 4.78 is 7.43. The van der Waals surface area contributed by atoms with Crippen LogP contribution in [0.25, 0.3) is 10.9 Å². The molecular weight excluding hydrogens is 374 g/mol. The molecule has 5 nitrogen and oxygen atoms in total. The molecule has 1 saturated heterocycles. The van der Waals surface area contributed by atoms with Gasteiger partial charge in [-0.15, -0.1) is 0 Å². The number of nitrogens with one attached hydrogen (secondary N) is 1. The van der Waals surface area contributed by atoms with Gasteiger partial charge in [-0.2, -0.15) is 0 Å². The van der Waals surface area contributed by atoms with Crippen LogP contribution in [0.5, 0.6) is 5.75 Å². The molecular formula is C25H31N3O2. The van der Waals surface area contributed by atoms with Gasteiger partial charge < -0.3 is 19.5 Å². The van der Waals surface area contributed by atoms with E-state index in [2.05, 4.69) is 48.0 Å². The Balaban J connectivity index is 1.59. The van der Waals surface area contributed by atoms with Gasteiger partial charge in [-0.25, -0.2) is 0 Å². The highest BCUT2D eigenvalue weighted by atomic mass is 16.5. The summed E-state index contributed by atoms with van der Waals surface area (Å²) in [4.78, 5) is 15.5. The normalized spacial score (nSPS) is 15.1. The smallest absolute Gasteiger partial charge is 0.270 e. The maximum absolute atomic E-state index is 13.5. The van der Waals surface area contributed by atoms with Crippen LogP contribution in [0, 0.1) is 0 Å². The number of benzene rings is 2. The fourth-order valence-electron chi connectivity index (χ4n) is 4.35. The summed E-state index contributed by atoms with van der Waals surface area (Å²) in [6.45, 7) is 6.61. The minimum atomic E-state index is 0.128. The quantitative estimate of drug-likeness (QED) is 0.665. The molecule has 1 amide bonds. The van der Waals surface area contributed by atoms with Crippen LogP contribution in [0.15, 0.2) is 54.6 Å². The minimum Gasteiger partial charge on any atom is -0.497 e. The molecule has 0 bridgehead atoms. The molecule has 2 heterocycles. The molecule has 1 aromatic heterocycles. The number of carbonyl (C=O) groups excluding carboxylic acids is 1. The molecule has 1 aliphatic rings. The predicted molar refractivity (Wildman–Crippen MR) is 121 cm³/mol. The number of methoxy groups -OCH3 is 1. The molecule has 0 radical (unpaired) electrons.